The van der Waals surface area contributed by atoms with Gasteiger partial charge in [0, 0.05) is 24.7 Å². The number of unbranched alkanes of at least 4 members (excludes halogenated alkanes) is 6. The number of carbonyl (C=O) groups excluding carboxylic acids is 1. The van der Waals surface area contributed by atoms with Gasteiger partial charge in [0.1, 0.15) is 18.3 Å². The second-order valence-corrected chi connectivity index (χ2v) is 7.76. The second kappa shape index (κ2) is 13.1. The molecule has 5 atom stereocenters. The number of rotatable bonds is 14. The van der Waals surface area contributed by atoms with Gasteiger partial charge >= 0.3 is 5.97 Å². The topological polar surface area (TPSA) is 74.2 Å². The Labute approximate surface area is 168 Å². The Morgan fingerprint density at radius 3 is 2.36 bits per heavy atom. The van der Waals surface area contributed by atoms with Crippen molar-refractivity contribution in [1.82, 2.24) is 0 Å². The van der Waals surface area contributed by atoms with Crippen molar-refractivity contribution in [2.45, 2.75) is 89.4 Å². The third kappa shape index (κ3) is 7.32. The summed E-state index contributed by atoms with van der Waals surface area (Å²) in [7, 11) is 1.44. The van der Waals surface area contributed by atoms with Crippen LogP contribution in [0.3, 0.4) is 0 Å². The van der Waals surface area contributed by atoms with E-state index in [9.17, 15) is 4.79 Å². The first-order valence-corrected chi connectivity index (χ1v) is 10.7. The second-order valence-electron chi connectivity index (χ2n) is 7.76. The number of allylic oxidation sites excluding steroid dienone is 1. The van der Waals surface area contributed by atoms with Crippen LogP contribution in [0.5, 0.6) is 0 Å². The van der Waals surface area contributed by atoms with E-state index in [-0.39, 0.29) is 30.2 Å². The molecular formula is C22H36O6. The fourth-order valence-corrected chi connectivity index (χ4v) is 3.99. The van der Waals surface area contributed by atoms with Gasteiger partial charge in [0.15, 0.2) is 0 Å². The van der Waals surface area contributed by atoms with Gasteiger partial charge in [0.25, 0.3) is 0 Å². The summed E-state index contributed by atoms with van der Waals surface area (Å²) in [6.45, 7) is 1.97. The van der Waals surface area contributed by atoms with Crippen molar-refractivity contribution in [2.75, 3.05) is 7.11 Å². The maximum atomic E-state index is 11.0. The lowest BCUT2D eigenvalue weighted by Gasteiger charge is -2.26. The van der Waals surface area contributed by atoms with Gasteiger partial charge < -0.3 is 4.74 Å². The number of esters is 1. The number of carbonyl (C=O) groups is 1. The smallest absolute Gasteiger partial charge is 0.305 e. The number of fused-ring (bicyclic) bond motifs is 2. The predicted octanol–water partition coefficient (Wildman–Crippen LogP) is 5.00. The first-order valence-electron chi connectivity index (χ1n) is 10.7. The standard InChI is InChI=1S/C22H36O6/c1-3-17(26-24)14-15-19-18(20-16-21(19)28-27-20)12-10-8-6-4-5-7-9-11-13-22(23)25-2/h10,12,14-15,17-21,24H,3-9,11,13,16H2,1-2H3/b12-10+,15-14+. The molecule has 0 aromatic heterocycles. The minimum Gasteiger partial charge on any atom is -0.469 e. The van der Waals surface area contributed by atoms with Crippen LogP contribution in [0.15, 0.2) is 24.3 Å². The Balaban J connectivity index is 1.62. The van der Waals surface area contributed by atoms with Gasteiger partial charge in [-0.25, -0.2) is 14.7 Å². The van der Waals surface area contributed by atoms with E-state index in [1.165, 1.54) is 32.8 Å². The van der Waals surface area contributed by atoms with Crippen LogP contribution in [0, 0.1) is 11.8 Å². The Morgan fingerprint density at radius 2 is 1.71 bits per heavy atom. The fraction of sp³-hybridized carbons (Fsp3) is 0.773. The molecule has 5 unspecified atom stereocenters. The van der Waals surface area contributed by atoms with Crippen LogP contribution < -0.4 is 0 Å². The Kier molecular flexibility index (Phi) is 10.8. The number of hydrogen-bond acceptors (Lipinski definition) is 6. The maximum absolute atomic E-state index is 11.0. The summed E-state index contributed by atoms with van der Waals surface area (Å²) in [5.74, 6) is 0.487. The lowest BCUT2D eigenvalue weighted by molar-refractivity contribution is -0.332. The molecule has 2 rings (SSSR count). The molecule has 2 fully saturated rings. The monoisotopic (exact) mass is 396 g/mol. The van der Waals surface area contributed by atoms with Crippen LogP contribution in [0.2, 0.25) is 0 Å². The Bertz CT molecular complexity index is 499. The normalized spacial score (nSPS) is 27.8. The van der Waals surface area contributed by atoms with E-state index >= 15 is 0 Å². The summed E-state index contributed by atoms with van der Waals surface area (Å²) in [4.78, 5) is 26.3. The first kappa shape index (κ1) is 23.1. The molecule has 1 aliphatic heterocycles. The van der Waals surface area contributed by atoms with Crippen molar-refractivity contribution >= 4 is 5.97 Å². The van der Waals surface area contributed by atoms with Crippen molar-refractivity contribution in [3.63, 3.8) is 0 Å². The molecule has 1 saturated carbocycles. The van der Waals surface area contributed by atoms with Gasteiger partial charge in [-0.2, -0.15) is 0 Å². The van der Waals surface area contributed by atoms with Crippen molar-refractivity contribution in [2.24, 2.45) is 11.8 Å². The van der Waals surface area contributed by atoms with Crippen LogP contribution in [-0.4, -0.2) is 36.6 Å². The third-order valence-corrected chi connectivity index (χ3v) is 5.74. The maximum Gasteiger partial charge on any atom is 0.305 e. The van der Waals surface area contributed by atoms with Gasteiger partial charge in [-0.1, -0.05) is 56.9 Å². The van der Waals surface area contributed by atoms with E-state index in [4.69, 9.17) is 15.0 Å². The van der Waals surface area contributed by atoms with Gasteiger partial charge in [-0.05, 0) is 25.7 Å². The molecule has 28 heavy (non-hydrogen) atoms. The van der Waals surface area contributed by atoms with Crippen LogP contribution in [0.25, 0.3) is 0 Å². The van der Waals surface area contributed by atoms with E-state index < -0.39 is 0 Å². The van der Waals surface area contributed by atoms with Gasteiger partial charge in [-0.3, -0.25) is 10.1 Å². The van der Waals surface area contributed by atoms with Crippen LogP contribution in [0.1, 0.15) is 71.1 Å². The molecule has 0 amide bonds. The van der Waals surface area contributed by atoms with Gasteiger partial charge in [-0.15, -0.1) is 0 Å². The molecule has 0 aromatic carbocycles. The molecule has 1 saturated heterocycles. The molecule has 6 nitrogen and oxygen atoms in total. The molecule has 0 spiro atoms. The van der Waals surface area contributed by atoms with Gasteiger partial charge in [0.05, 0.1) is 7.11 Å². The summed E-state index contributed by atoms with van der Waals surface area (Å²) < 4.78 is 4.64. The summed E-state index contributed by atoms with van der Waals surface area (Å²) >= 11 is 0. The van der Waals surface area contributed by atoms with E-state index in [1.807, 2.05) is 13.0 Å². The summed E-state index contributed by atoms with van der Waals surface area (Å²) in [6.07, 6.45) is 18.6. The minimum atomic E-state index is -0.266. The van der Waals surface area contributed by atoms with E-state index in [0.717, 1.165) is 32.1 Å². The number of ether oxygens (including phenoxy) is 1. The zero-order valence-electron chi connectivity index (χ0n) is 17.3. The largest absolute Gasteiger partial charge is 0.469 e. The summed E-state index contributed by atoms with van der Waals surface area (Å²) in [5.41, 5.74) is 0. The third-order valence-electron chi connectivity index (χ3n) is 5.74. The average molecular weight is 397 g/mol. The molecule has 2 bridgehead atoms. The van der Waals surface area contributed by atoms with E-state index in [0.29, 0.717) is 12.3 Å². The zero-order valence-corrected chi connectivity index (χ0v) is 17.3. The number of hydrogen-bond donors (Lipinski definition) is 1. The van der Waals surface area contributed by atoms with Crippen molar-refractivity contribution in [1.29, 1.82) is 0 Å². The highest BCUT2D eigenvalue weighted by Crippen LogP contribution is 2.43. The van der Waals surface area contributed by atoms with Crippen LogP contribution >= 0.6 is 0 Å². The molecule has 1 aliphatic carbocycles. The predicted molar refractivity (Wildman–Crippen MR) is 106 cm³/mol. The van der Waals surface area contributed by atoms with Crippen LogP contribution in [0.4, 0.5) is 0 Å². The van der Waals surface area contributed by atoms with Crippen molar-refractivity contribution in [3.05, 3.63) is 24.3 Å². The number of methoxy groups -OCH3 is 1. The lowest BCUT2D eigenvalue weighted by atomic mass is 9.91. The average Bonchev–Trinajstić information content (AvgIpc) is 3.32. The fourth-order valence-electron chi connectivity index (χ4n) is 3.99. The van der Waals surface area contributed by atoms with Crippen molar-refractivity contribution < 1.29 is 29.5 Å². The highest BCUT2D eigenvalue weighted by atomic mass is 17.2. The molecule has 1 heterocycles. The quantitative estimate of drug-likeness (QED) is 0.146. The highest BCUT2D eigenvalue weighted by molar-refractivity contribution is 5.68. The van der Waals surface area contributed by atoms with Gasteiger partial charge in [0.2, 0.25) is 0 Å². The van der Waals surface area contributed by atoms with Crippen molar-refractivity contribution in [3.8, 4) is 0 Å². The van der Waals surface area contributed by atoms with E-state index in [2.05, 4.69) is 27.9 Å². The summed E-state index contributed by atoms with van der Waals surface area (Å²) in [5, 5.41) is 8.88. The molecule has 160 valence electrons. The lowest BCUT2D eigenvalue weighted by Crippen LogP contribution is -2.27. The highest BCUT2D eigenvalue weighted by Gasteiger charge is 2.48. The first-order chi connectivity index (χ1) is 13.7. The van der Waals surface area contributed by atoms with E-state index in [1.54, 1.807) is 0 Å². The molecule has 1 N–H and O–H groups in total. The van der Waals surface area contributed by atoms with Crippen LogP contribution in [-0.2, 0) is 24.2 Å². The Hall–Kier alpha value is -1.21. The molecule has 0 radical (unpaired) electrons. The molecular weight excluding hydrogens is 360 g/mol. The zero-order chi connectivity index (χ0) is 20.2. The SMILES string of the molecule is CCC(/C=C/C1C2CC(OO2)C1/C=C/CCCCCCCCC(=O)OC)OO. The molecule has 2 aliphatic rings. The Morgan fingerprint density at radius 1 is 1.07 bits per heavy atom. The molecule has 6 heteroatoms. The molecule has 0 aromatic rings. The minimum absolute atomic E-state index is 0.0945. The summed E-state index contributed by atoms with van der Waals surface area (Å²) in [6, 6.07) is 0.